The number of allylic oxidation sites excluding steroid dienone is 1. The van der Waals surface area contributed by atoms with Gasteiger partial charge in [0.05, 0.1) is 17.7 Å². The molecule has 0 bridgehead atoms. The van der Waals surface area contributed by atoms with Gasteiger partial charge in [-0.25, -0.2) is 0 Å². The minimum Gasteiger partial charge on any atom is -0.346 e. The Labute approximate surface area is 114 Å². The third kappa shape index (κ3) is 4.43. The van der Waals surface area contributed by atoms with Crippen molar-refractivity contribution in [1.29, 1.82) is 5.26 Å². The second-order valence-electron chi connectivity index (χ2n) is 4.29. The number of amides is 1. The Morgan fingerprint density at radius 2 is 1.90 bits per heavy atom. The van der Waals surface area contributed by atoms with Crippen LogP contribution in [0.2, 0.25) is 0 Å². The van der Waals surface area contributed by atoms with Gasteiger partial charge in [-0.1, -0.05) is 12.1 Å². The zero-order chi connectivity index (χ0) is 15.3. The van der Waals surface area contributed by atoms with Crippen molar-refractivity contribution < 1.29 is 18.0 Å². The fraction of sp³-hybridized carbons (Fsp3) is 0.286. The summed E-state index contributed by atoms with van der Waals surface area (Å²) in [6, 6.07) is 5.92. The zero-order valence-electron chi connectivity index (χ0n) is 11.0. The second-order valence-corrected chi connectivity index (χ2v) is 4.29. The molecule has 0 aliphatic carbocycles. The summed E-state index contributed by atoms with van der Waals surface area (Å²) in [6.45, 7) is 3.14. The second kappa shape index (κ2) is 6.24. The number of carbonyl (C=O) groups is 1. The molecule has 3 nitrogen and oxygen atoms in total. The smallest absolute Gasteiger partial charge is 0.346 e. The number of nitrogens with zero attached hydrogens (tertiary/aromatic N) is 1. The van der Waals surface area contributed by atoms with Crippen LogP contribution in [0.15, 0.2) is 35.9 Å². The quantitative estimate of drug-likeness (QED) is 0.682. The lowest BCUT2D eigenvalue weighted by molar-refractivity contribution is -0.137. The molecule has 1 rings (SSSR count). The largest absolute Gasteiger partial charge is 0.416 e. The van der Waals surface area contributed by atoms with E-state index in [2.05, 4.69) is 5.32 Å². The van der Waals surface area contributed by atoms with Crippen molar-refractivity contribution in [3.05, 3.63) is 47.0 Å². The minimum atomic E-state index is -4.38. The molecule has 0 spiro atoms. The van der Waals surface area contributed by atoms with Crippen LogP contribution in [0.3, 0.4) is 0 Å². The molecule has 0 unspecified atom stereocenters. The van der Waals surface area contributed by atoms with Crippen LogP contribution >= 0.6 is 0 Å². The number of carbonyl (C=O) groups excluding carboxylic acids is 1. The normalized spacial score (nSPS) is 13.5. The van der Waals surface area contributed by atoms with Crippen LogP contribution in [0.4, 0.5) is 13.2 Å². The van der Waals surface area contributed by atoms with Gasteiger partial charge in [0.25, 0.3) is 0 Å². The summed E-state index contributed by atoms with van der Waals surface area (Å²) in [5.41, 5.74) is 0.0662. The SMILES string of the molecule is C/C(C#N)=C\C(=O)N[C@@H](C)c1ccc(C(F)(F)F)cc1. The van der Waals surface area contributed by atoms with E-state index in [1.807, 2.05) is 6.07 Å². The van der Waals surface area contributed by atoms with Crippen molar-refractivity contribution in [2.45, 2.75) is 26.1 Å². The average molecular weight is 282 g/mol. The van der Waals surface area contributed by atoms with Gasteiger partial charge in [-0.3, -0.25) is 4.79 Å². The maximum Gasteiger partial charge on any atom is 0.416 e. The molecule has 0 fully saturated rings. The molecule has 0 aromatic heterocycles. The van der Waals surface area contributed by atoms with Gasteiger partial charge in [-0.2, -0.15) is 18.4 Å². The van der Waals surface area contributed by atoms with Crippen LogP contribution < -0.4 is 5.32 Å². The topological polar surface area (TPSA) is 52.9 Å². The standard InChI is InChI=1S/C14H13F3N2O/c1-9(8-18)7-13(20)19-10(2)11-3-5-12(6-4-11)14(15,16)17/h3-7,10H,1-2H3,(H,19,20)/b9-7+/t10-/m0/s1. The molecule has 0 aliphatic heterocycles. The number of hydrogen-bond donors (Lipinski definition) is 1. The van der Waals surface area contributed by atoms with E-state index in [1.54, 1.807) is 6.92 Å². The van der Waals surface area contributed by atoms with E-state index in [0.29, 0.717) is 5.56 Å². The Hall–Kier alpha value is -2.29. The van der Waals surface area contributed by atoms with E-state index in [9.17, 15) is 18.0 Å². The fourth-order valence-electron chi connectivity index (χ4n) is 1.53. The molecule has 0 saturated carbocycles. The van der Waals surface area contributed by atoms with Crippen molar-refractivity contribution in [3.63, 3.8) is 0 Å². The molecule has 0 heterocycles. The average Bonchev–Trinajstić information content (AvgIpc) is 2.37. The van der Waals surface area contributed by atoms with Crippen LogP contribution in [0, 0.1) is 11.3 Å². The van der Waals surface area contributed by atoms with Gasteiger partial charge in [0.15, 0.2) is 0 Å². The van der Waals surface area contributed by atoms with Crippen molar-refractivity contribution in [2.75, 3.05) is 0 Å². The van der Waals surface area contributed by atoms with Crippen molar-refractivity contribution >= 4 is 5.91 Å². The molecular formula is C14H13F3N2O. The summed E-state index contributed by atoms with van der Waals surface area (Å²) in [5.74, 6) is -0.462. The number of benzene rings is 1. The predicted octanol–water partition coefficient (Wildman–Crippen LogP) is 3.35. The van der Waals surface area contributed by atoms with E-state index >= 15 is 0 Å². The lowest BCUT2D eigenvalue weighted by Crippen LogP contribution is -2.25. The van der Waals surface area contributed by atoms with Gasteiger partial charge >= 0.3 is 6.18 Å². The number of halogens is 3. The number of alkyl halides is 3. The number of nitriles is 1. The van der Waals surface area contributed by atoms with Crippen molar-refractivity contribution in [3.8, 4) is 6.07 Å². The Morgan fingerprint density at radius 1 is 1.35 bits per heavy atom. The van der Waals surface area contributed by atoms with Gasteiger partial charge in [0, 0.05) is 11.6 Å². The van der Waals surface area contributed by atoms with E-state index in [-0.39, 0.29) is 5.57 Å². The molecule has 1 aromatic rings. The molecule has 20 heavy (non-hydrogen) atoms. The van der Waals surface area contributed by atoms with Crippen molar-refractivity contribution in [1.82, 2.24) is 5.32 Å². The summed E-state index contributed by atoms with van der Waals surface area (Å²) in [6.07, 6.45) is -3.24. The van der Waals surface area contributed by atoms with Gasteiger partial charge < -0.3 is 5.32 Å². The molecule has 0 aliphatic rings. The first kappa shape index (κ1) is 15.8. The van der Waals surface area contributed by atoms with Crippen molar-refractivity contribution in [2.24, 2.45) is 0 Å². The Bertz CT molecular complexity index is 553. The van der Waals surface area contributed by atoms with E-state index < -0.39 is 23.7 Å². The fourth-order valence-corrected chi connectivity index (χ4v) is 1.53. The van der Waals surface area contributed by atoms with Gasteiger partial charge in [-0.15, -0.1) is 0 Å². The monoisotopic (exact) mass is 282 g/mol. The highest BCUT2D eigenvalue weighted by atomic mass is 19.4. The third-order valence-electron chi connectivity index (χ3n) is 2.62. The maximum absolute atomic E-state index is 12.4. The number of rotatable bonds is 3. The molecule has 1 N–H and O–H groups in total. The molecule has 1 aromatic carbocycles. The molecular weight excluding hydrogens is 269 g/mol. The summed E-state index contributed by atoms with van der Waals surface area (Å²) < 4.78 is 37.2. The first-order valence-electron chi connectivity index (χ1n) is 5.80. The highest BCUT2D eigenvalue weighted by Gasteiger charge is 2.30. The molecule has 1 amide bonds. The lowest BCUT2D eigenvalue weighted by Gasteiger charge is -2.14. The van der Waals surface area contributed by atoms with Gasteiger partial charge in [-0.05, 0) is 31.5 Å². The molecule has 1 atom stereocenters. The minimum absolute atomic E-state index is 0.252. The molecule has 6 heteroatoms. The van der Waals surface area contributed by atoms with Crippen LogP contribution in [0.5, 0.6) is 0 Å². The molecule has 0 radical (unpaired) electrons. The molecule has 0 saturated heterocycles. The Balaban J connectivity index is 2.77. The Morgan fingerprint density at radius 3 is 2.35 bits per heavy atom. The predicted molar refractivity (Wildman–Crippen MR) is 67.4 cm³/mol. The van der Waals surface area contributed by atoms with E-state index in [4.69, 9.17) is 5.26 Å². The highest BCUT2D eigenvalue weighted by molar-refractivity contribution is 5.89. The van der Waals surface area contributed by atoms with Crippen LogP contribution in [-0.2, 0) is 11.0 Å². The van der Waals surface area contributed by atoms with Gasteiger partial charge in [0.2, 0.25) is 5.91 Å². The summed E-state index contributed by atoms with van der Waals surface area (Å²) >= 11 is 0. The summed E-state index contributed by atoms with van der Waals surface area (Å²) in [7, 11) is 0. The number of nitrogens with one attached hydrogen (secondary N) is 1. The third-order valence-corrected chi connectivity index (χ3v) is 2.62. The maximum atomic E-state index is 12.4. The summed E-state index contributed by atoms with van der Waals surface area (Å²) in [4.78, 5) is 11.5. The van der Waals surface area contributed by atoms with Crippen LogP contribution in [0.1, 0.15) is 31.0 Å². The summed E-state index contributed by atoms with van der Waals surface area (Å²) in [5, 5.41) is 11.1. The Kier molecular flexibility index (Phi) is 4.92. The van der Waals surface area contributed by atoms with Crippen LogP contribution in [-0.4, -0.2) is 5.91 Å². The number of hydrogen-bond acceptors (Lipinski definition) is 2. The highest BCUT2D eigenvalue weighted by Crippen LogP contribution is 2.29. The lowest BCUT2D eigenvalue weighted by atomic mass is 10.1. The first-order chi connectivity index (χ1) is 9.24. The molecule has 106 valence electrons. The van der Waals surface area contributed by atoms with E-state index in [0.717, 1.165) is 18.2 Å². The zero-order valence-corrected chi connectivity index (χ0v) is 11.0. The van der Waals surface area contributed by atoms with Gasteiger partial charge in [0.1, 0.15) is 0 Å². The first-order valence-corrected chi connectivity index (χ1v) is 5.80. The van der Waals surface area contributed by atoms with E-state index in [1.165, 1.54) is 19.1 Å². The van der Waals surface area contributed by atoms with Crippen LogP contribution in [0.25, 0.3) is 0 Å².